The van der Waals surface area contributed by atoms with E-state index in [-0.39, 0.29) is 5.92 Å². The number of hydrogen-bond donors (Lipinski definition) is 0. The average molecular weight is 205 g/mol. The van der Waals surface area contributed by atoms with Crippen LogP contribution in [0.25, 0.3) is 0 Å². The number of aliphatic imine (C=N–C) groups is 1. The molecule has 0 aromatic carbocycles. The van der Waals surface area contributed by atoms with Gasteiger partial charge < -0.3 is 0 Å². The van der Waals surface area contributed by atoms with E-state index in [2.05, 4.69) is 15.0 Å². The van der Waals surface area contributed by atoms with Crippen LogP contribution in [0.15, 0.2) is 16.9 Å². The molecule has 0 amide bonds. The Balaban J connectivity index is 1.77. The van der Waals surface area contributed by atoms with Crippen molar-refractivity contribution in [3.05, 3.63) is 11.9 Å². The Hall–Kier alpha value is -1.04. The van der Waals surface area contributed by atoms with Crippen LogP contribution in [-0.2, 0) is 4.74 Å². The largest absolute Gasteiger partial charge is 0.522 e. The molecule has 1 saturated carbocycles. The Labute approximate surface area is 78.6 Å². The summed E-state index contributed by atoms with van der Waals surface area (Å²) in [5.74, 6) is 0.0739. The van der Waals surface area contributed by atoms with Crippen LogP contribution < -0.4 is 5.32 Å². The second kappa shape index (κ2) is 3.27. The summed E-state index contributed by atoms with van der Waals surface area (Å²) in [7, 11) is 0. The summed E-state index contributed by atoms with van der Waals surface area (Å²) >= 11 is 0. The monoisotopic (exact) mass is 205 g/mol. The van der Waals surface area contributed by atoms with Crippen LogP contribution in [0, 0.1) is 5.92 Å². The zero-order chi connectivity index (χ0) is 10.2. The molecule has 1 radical (unpaired) electrons. The van der Waals surface area contributed by atoms with Crippen LogP contribution in [-0.4, -0.2) is 18.8 Å². The SMILES string of the molecule is FC(F)(F)OC1CC(C2=C[N]C=N2)C1. The highest BCUT2D eigenvalue weighted by Gasteiger charge is 2.41. The molecule has 0 unspecified atom stereocenters. The van der Waals surface area contributed by atoms with E-state index in [1.54, 1.807) is 6.20 Å². The summed E-state index contributed by atoms with van der Waals surface area (Å²) in [6, 6.07) is 0. The lowest BCUT2D eigenvalue weighted by atomic mass is 9.80. The van der Waals surface area contributed by atoms with E-state index >= 15 is 0 Å². The molecule has 1 fully saturated rings. The summed E-state index contributed by atoms with van der Waals surface area (Å²) in [6.07, 6.45) is -1.51. The van der Waals surface area contributed by atoms with E-state index < -0.39 is 12.5 Å². The Kier molecular flexibility index (Phi) is 2.22. The minimum Gasteiger partial charge on any atom is -0.289 e. The van der Waals surface area contributed by atoms with Gasteiger partial charge in [0.05, 0.1) is 18.0 Å². The fourth-order valence-corrected chi connectivity index (χ4v) is 1.55. The first-order chi connectivity index (χ1) is 6.54. The maximum Gasteiger partial charge on any atom is 0.522 e. The Morgan fingerprint density at radius 2 is 2.07 bits per heavy atom. The van der Waals surface area contributed by atoms with E-state index in [4.69, 9.17) is 0 Å². The van der Waals surface area contributed by atoms with Gasteiger partial charge in [-0.15, -0.1) is 13.2 Å². The molecule has 0 N–H and O–H groups in total. The van der Waals surface area contributed by atoms with Crippen molar-refractivity contribution in [1.82, 2.24) is 5.32 Å². The van der Waals surface area contributed by atoms with Crippen LogP contribution in [0.2, 0.25) is 0 Å². The first-order valence-electron chi connectivity index (χ1n) is 4.22. The lowest BCUT2D eigenvalue weighted by molar-refractivity contribution is -0.353. The van der Waals surface area contributed by atoms with E-state index in [1.807, 2.05) is 0 Å². The van der Waals surface area contributed by atoms with Crippen molar-refractivity contribution < 1.29 is 17.9 Å². The average Bonchev–Trinajstić information content (AvgIpc) is 2.45. The van der Waals surface area contributed by atoms with E-state index in [0.717, 1.165) is 5.70 Å². The van der Waals surface area contributed by atoms with Gasteiger partial charge in [0.1, 0.15) is 6.34 Å². The highest BCUT2D eigenvalue weighted by molar-refractivity contribution is 5.61. The third kappa shape index (κ3) is 2.06. The molecule has 0 bridgehead atoms. The van der Waals surface area contributed by atoms with E-state index in [0.29, 0.717) is 12.8 Å². The van der Waals surface area contributed by atoms with Crippen molar-refractivity contribution >= 4 is 6.34 Å². The predicted molar refractivity (Wildman–Crippen MR) is 42.4 cm³/mol. The molecule has 0 aromatic heterocycles. The van der Waals surface area contributed by atoms with Gasteiger partial charge in [0.2, 0.25) is 0 Å². The number of halogens is 3. The summed E-state index contributed by atoms with van der Waals surface area (Å²) in [6.45, 7) is 0. The quantitative estimate of drug-likeness (QED) is 0.676. The van der Waals surface area contributed by atoms with Crippen molar-refractivity contribution in [1.29, 1.82) is 0 Å². The molecule has 1 aliphatic heterocycles. The normalized spacial score (nSPS) is 30.9. The van der Waals surface area contributed by atoms with Crippen molar-refractivity contribution in [3.8, 4) is 0 Å². The minimum atomic E-state index is -4.52. The van der Waals surface area contributed by atoms with Crippen molar-refractivity contribution in [3.63, 3.8) is 0 Å². The fourth-order valence-electron chi connectivity index (χ4n) is 1.55. The van der Waals surface area contributed by atoms with Crippen molar-refractivity contribution in [2.75, 3.05) is 0 Å². The van der Waals surface area contributed by atoms with Gasteiger partial charge in [-0.2, -0.15) is 0 Å². The smallest absolute Gasteiger partial charge is 0.289 e. The maximum absolute atomic E-state index is 11.7. The van der Waals surface area contributed by atoms with Crippen molar-refractivity contribution in [2.24, 2.45) is 10.9 Å². The highest BCUT2D eigenvalue weighted by Crippen LogP contribution is 2.39. The summed E-state index contributed by atoms with van der Waals surface area (Å²) in [4.78, 5) is 3.92. The van der Waals surface area contributed by atoms with Gasteiger partial charge in [-0.25, -0.2) is 10.3 Å². The number of rotatable bonds is 2. The number of hydrogen-bond acceptors (Lipinski definition) is 2. The molecule has 1 aliphatic carbocycles. The maximum atomic E-state index is 11.7. The first kappa shape index (κ1) is 9.51. The third-order valence-corrected chi connectivity index (χ3v) is 2.29. The van der Waals surface area contributed by atoms with Crippen LogP contribution in [0.4, 0.5) is 13.2 Å². The second-order valence-corrected chi connectivity index (χ2v) is 3.30. The van der Waals surface area contributed by atoms with Gasteiger partial charge in [0, 0.05) is 5.92 Å². The molecule has 1 heterocycles. The molecule has 2 rings (SSSR count). The summed E-state index contributed by atoms with van der Waals surface area (Å²) in [5.41, 5.74) is 0.757. The van der Waals surface area contributed by atoms with Gasteiger partial charge in [-0.3, -0.25) is 4.74 Å². The summed E-state index contributed by atoms with van der Waals surface area (Å²) < 4.78 is 39.1. The molecule has 0 aromatic rings. The number of nitrogens with zero attached hydrogens (tertiary/aromatic N) is 2. The third-order valence-electron chi connectivity index (χ3n) is 2.29. The Bertz CT molecular complexity index is 279. The number of alkyl halides is 3. The molecular weight excluding hydrogens is 197 g/mol. The van der Waals surface area contributed by atoms with Gasteiger partial charge in [0.25, 0.3) is 0 Å². The van der Waals surface area contributed by atoms with Gasteiger partial charge in [-0.1, -0.05) is 0 Å². The fraction of sp³-hybridized carbons (Fsp3) is 0.625. The molecular formula is C8H8F3N2O. The van der Waals surface area contributed by atoms with Gasteiger partial charge in [0.15, 0.2) is 0 Å². The molecule has 6 heteroatoms. The summed E-state index contributed by atoms with van der Waals surface area (Å²) in [5, 5.41) is 3.75. The molecule has 0 spiro atoms. The number of allylic oxidation sites excluding steroid dienone is 1. The second-order valence-electron chi connectivity index (χ2n) is 3.30. The molecule has 14 heavy (non-hydrogen) atoms. The Morgan fingerprint density at radius 3 is 2.57 bits per heavy atom. The number of ether oxygens (including phenoxy) is 1. The van der Waals surface area contributed by atoms with Gasteiger partial charge in [-0.05, 0) is 12.8 Å². The Morgan fingerprint density at radius 1 is 1.36 bits per heavy atom. The minimum absolute atomic E-state index is 0.0739. The topological polar surface area (TPSA) is 35.7 Å². The zero-order valence-corrected chi connectivity index (χ0v) is 7.16. The van der Waals surface area contributed by atoms with E-state index in [1.165, 1.54) is 6.34 Å². The van der Waals surface area contributed by atoms with Crippen molar-refractivity contribution in [2.45, 2.75) is 25.3 Å². The van der Waals surface area contributed by atoms with E-state index in [9.17, 15) is 13.2 Å². The molecule has 3 nitrogen and oxygen atoms in total. The predicted octanol–water partition coefficient (Wildman–Crippen LogP) is 1.79. The van der Waals surface area contributed by atoms with Crippen LogP contribution in [0.3, 0.4) is 0 Å². The highest BCUT2D eigenvalue weighted by atomic mass is 19.4. The van der Waals surface area contributed by atoms with Crippen LogP contribution in [0.5, 0.6) is 0 Å². The van der Waals surface area contributed by atoms with Crippen LogP contribution >= 0.6 is 0 Å². The molecule has 0 atom stereocenters. The zero-order valence-electron chi connectivity index (χ0n) is 7.16. The molecule has 77 valence electrons. The first-order valence-corrected chi connectivity index (χ1v) is 4.22. The standard InChI is InChI=1S/C8H8F3N2O/c9-8(10,11)14-6-1-5(2-6)7-3-12-4-13-7/h3-6H,1-2H2. The van der Waals surface area contributed by atoms with Crippen LogP contribution in [0.1, 0.15) is 12.8 Å². The molecule has 0 saturated heterocycles. The lowest BCUT2D eigenvalue weighted by Crippen LogP contribution is -2.36. The lowest BCUT2D eigenvalue weighted by Gasteiger charge is -2.34. The molecule has 2 aliphatic rings. The van der Waals surface area contributed by atoms with Gasteiger partial charge >= 0.3 is 6.36 Å².